The lowest BCUT2D eigenvalue weighted by Gasteiger charge is -2.39. The fourth-order valence-electron chi connectivity index (χ4n) is 12.7. The molecule has 0 radical (unpaired) electrons. The summed E-state index contributed by atoms with van der Waals surface area (Å²) in [5.74, 6) is -3.97. The summed E-state index contributed by atoms with van der Waals surface area (Å²) in [4.78, 5) is 67.7. The molecule has 0 spiro atoms. The standard InChI is InChI=1S/C28H27F2N3O4.C25H23N3O3S.C23H22F2N2O3/c29-28(30)16-33(27(36)20-6-8-23(34)14-20)11-10-25(28)37-24-9-7-19(12-21(24)15-31)18-2-1-3-22(13-18)32-26(35)17-4-5-17;26-15-18-12-16(3-4-22(18)31-19-6-9-30-10-7-19)17-5-8-27-24(13-17)28-25(29)21-14-20(21)23-2-1-11-32-23;24-22(25)19-12-20(19)23(28)27-17-3-1-2-14(11-17)15-4-5-21(16(10-15)13-26)30-18-6-8-29-9-7-18/h1-3,7,9,12-13,17,20,25H,4-6,8,10-11,14,16H2,(H,32,35);1-5,8,11-13,19-21H,6-7,9-10,14H2,(H,27,28,29);1-5,10-11,18-20,22H,6-9,12H2,(H,27,28)/t20-,25+;20-,21-;19-,20-/m110/s1. The number of piperidine rings is 1. The minimum absolute atomic E-state index is 0.00548. The molecule has 2 aromatic heterocycles. The number of nitrogens with one attached hydrogen (secondary N) is 3. The van der Waals surface area contributed by atoms with E-state index in [4.69, 9.17) is 23.7 Å². The summed E-state index contributed by atoms with van der Waals surface area (Å²) in [5, 5.41) is 39.5. The molecule has 3 saturated heterocycles. The predicted octanol–water partition coefficient (Wildman–Crippen LogP) is 14.2. The molecule has 0 bridgehead atoms. The Morgan fingerprint density at radius 3 is 1.62 bits per heavy atom. The largest absolute Gasteiger partial charge is 0.489 e. The summed E-state index contributed by atoms with van der Waals surface area (Å²) >= 11 is 1.70. The Hall–Kier alpha value is -9.99. The van der Waals surface area contributed by atoms with Gasteiger partial charge in [-0.2, -0.15) is 15.8 Å². The van der Waals surface area contributed by atoms with Crippen LogP contribution in [0.2, 0.25) is 0 Å². The van der Waals surface area contributed by atoms with E-state index in [0.29, 0.717) is 90.6 Å². The fraction of sp³-hybridized carbons (Fsp3) is 0.382. The summed E-state index contributed by atoms with van der Waals surface area (Å²) in [6.45, 7) is 2.00. The number of aromatic nitrogens is 1. The van der Waals surface area contributed by atoms with Gasteiger partial charge in [0.1, 0.15) is 59.3 Å². The summed E-state index contributed by atoms with van der Waals surface area (Å²) in [6, 6.07) is 44.4. The number of hydrogen-bond donors (Lipinski definition) is 3. The molecule has 5 heterocycles. The van der Waals surface area contributed by atoms with Gasteiger partial charge < -0.3 is 44.5 Å². The molecule has 7 aliphatic rings. The molecule has 510 valence electrons. The number of halogens is 4. The highest BCUT2D eigenvalue weighted by molar-refractivity contribution is 7.10. The lowest BCUT2D eigenvalue weighted by molar-refractivity contribution is -0.163. The quantitative estimate of drug-likeness (QED) is 0.0676. The number of nitriles is 3. The SMILES string of the molecule is N#Cc1cc(-c2cccc(NC(=O)C3CC3)c2)ccc1O[C@H]1CCN(C(=O)[C@@H]2CCC(=O)C2)CC1(F)F.N#Cc1cc(-c2cccc(NC(=O)[C@H]3C[C@@H]3C(F)F)c2)ccc1OC1CCOCC1.N#Cc1cc(-c2ccnc(NC(=O)[C@@H]3C[C@H]3c3cccs3)c2)ccc1OC1CCOCC1. The minimum Gasteiger partial charge on any atom is -0.489 e. The number of carbonyl (C=O) groups excluding carboxylic acids is 5. The lowest BCUT2D eigenvalue weighted by Crippen LogP contribution is -2.56. The molecule has 99 heavy (non-hydrogen) atoms. The number of likely N-dealkylation sites (tertiary alicyclic amines) is 1. The van der Waals surface area contributed by atoms with Crippen molar-refractivity contribution in [2.24, 2.45) is 29.6 Å². The van der Waals surface area contributed by atoms with Gasteiger partial charge in [0, 0.05) is 109 Å². The number of ketones is 1. The zero-order valence-corrected chi connectivity index (χ0v) is 54.8. The van der Waals surface area contributed by atoms with E-state index in [0.717, 1.165) is 77.7 Å². The van der Waals surface area contributed by atoms with Crippen LogP contribution in [-0.2, 0) is 33.4 Å². The Morgan fingerprint density at radius 2 is 1.12 bits per heavy atom. The van der Waals surface area contributed by atoms with Crippen molar-refractivity contribution < 1.29 is 65.2 Å². The molecule has 4 aliphatic carbocycles. The first kappa shape index (κ1) is 68.9. The summed E-state index contributed by atoms with van der Waals surface area (Å²) in [6.07, 6.45) is 4.74. The molecular formula is C76H72F4N8O10S. The maximum atomic E-state index is 15.0. The van der Waals surface area contributed by atoms with Crippen LogP contribution in [0.25, 0.3) is 33.4 Å². The van der Waals surface area contributed by atoms with Crippen LogP contribution in [0.1, 0.15) is 105 Å². The van der Waals surface area contributed by atoms with Crippen LogP contribution in [0, 0.1) is 63.6 Å². The van der Waals surface area contributed by atoms with Gasteiger partial charge in [0.2, 0.25) is 30.1 Å². The lowest BCUT2D eigenvalue weighted by atomic mass is 9.99. The Morgan fingerprint density at radius 1 is 0.586 bits per heavy atom. The number of hydrogen-bond acceptors (Lipinski definition) is 15. The van der Waals surface area contributed by atoms with Crippen LogP contribution in [0.3, 0.4) is 0 Å². The van der Waals surface area contributed by atoms with Crippen LogP contribution in [0.15, 0.2) is 139 Å². The first-order valence-electron chi connectivity index (χ1n) is 33.4. The molecule has 14 rings (SSSR count). The Balaban J connectivity index is 0.000000142. The predicted molar refractivity (Wildman–Crippen MR) is 361 cm³/mol. The van der Waals surface area contributed by atoms with Gasteiger partial charge >= 0.3 is 5.92 Å². The Bertz CT molecular complexity index is 4250. The number of alkyl halides is 4. The minimum atomic E-state index is -3.31. The maximum Gasteiger partial charge on any atom is 0.301 e. The fourth-order valence-corrected chi connectivity index (χ4v) is 13.6. The van der Waals surface area contributed by atoms with Crippen molar-refractivity contribution >= 4 is 57.9 Å². The number of benzene rings is 5. The van der Waals surface area contributed by atoms with Crippen LogP contribution in [-0.4, -0.2) is 109 Å². The van der Waals surface area contributed by atoms with Gasteiger partial charge in [-0.05, 0) is 150 Å². The van der Waals surface area contributed by atoms with Gasteiger partial charge in [-0.3, -0.25) is 24.0 Å². The van der Waals surface area contributed by atoms with Gasteiger partial charge in [-0.1, -0.05) is 48.5 Å². The number of thiophene rings is 1. The normalized spacial score (nSPS) is 21.5. The van der Waals surface area contributed by atoms with Crippen LogP contribution < -0.4 is 30.2 Å². The van der Waals surface area contributed by atoms with Gasteiger partial charge in [-0.25, -0.2) is 22.5 Å². The van der Waals surface area contributed by atoms with Crippen molar-refractivity contribution in [3.05, 3.63) is 161 Å². The Labute approximate surface area is 574 Å². The molecule has 4 saturated carbocycles. The Kier molecular flexibility index (Phi) is 21.8. The second-order valence-corrected chi connectivity index (χ2v) is 26.8. The van der Waals surface area contributed by atoms with Gasteiger partial charge in [0.25, 0.3) is 0 Å². The number of ether oxygens (including phenoxy) is 5. The maximum absolute atomic E-state index is 15.0. The number of nitrogens with zero attached hydrogens (tertiary/aromatic N) is 5. The summed E-state index contributed by atoms with van der Waals surface area (Å²) in [7, 11) is 0. The molecule has 7 aromatic rings. The first-order valence-corrected chi connectivity index (χ1v) is 34.2. The highest BCUT2D eigenvalue weighted by atomic mass is 32.1. The van der Waals surface area contributed by atoms with Crippen LogP contribution in [0.4, 0.5) is 34.8 Å². The molecule has 7 fully saturated rings. The first-order chi connectivity index (χ1) is 48.0. The molecule has 3 N–H and O–H groups in total. The monoisotopic (exact) mass is 1360 g/mol. The smallest absolute Gasteiger partial charge is 0.301 e. The molecule has 23 heteroatoms. The van der Waals surface area contributed by atoms with Gasteiger partial charge in [0.15, 0.2) is 6.10 Å². The summed E-state index contributed by atoms with van der Waals surface area (Å²) in [5.41, 5.74) is 7.06. The second kappa shape index (κ2) is 31.3. The number of pyridine rings is 1. The van der Waals surface area contributed by atoms with Gasteiger partial charge in [0.05, 0.1) is 49.7 Å². The zero-order valence-electron chi connectivity index (χ0n) is 54.0. The molecule has 18 nitrogen and oxygen atoms in total. The van der Waals surface area contributed by atoms with Crippen molar-refractivity contribution in [2.45, 2.75) is 114 Å². The van der Waals surface area contributed by atoms with E-state index in [9.17, 15) is 48.5 Å². The van der Waals surface area contributed by atoms with Crippen molar-refractivity contribution in [3.63, 3.8) is 0 Å². The van der Waals surface area contributed by atoms with E-state index < -0.39 is 48.7 Å². The third kappa shape index (κ3) is 17.7. The highest BCUT2D eigenvalue weighted by Gasteiger charge is 2.50. The van der Waals surface area contributed by atoms with Crippen molar-refractivity contribution in [2.75, 3.05) is 55.5 Å². The molecule has 3 aliphatic heterocycles. The van der Waals surface area contributed by atoms with E-state index in [-0.39, 0.29) is 84.7 Å². The van der Waals surface area contributed by atoms with Gasteiger partial charge in [-0.15, -0.1) is 11.3 Å². The van der Waals surface area contributed by atoms with E-state index in [2.05, 4.69) is 39.1 Å². The molecular weight excluding hydrogens is 1290 g/mol. The molecule has 0 unspecified atom stereocenters. The second-order valence-electron chi connectivity index (χ2n) is 25.9. The highest BCUT2D eigenvalue weighted by Crippen LogP contribution is 2.50. The third-order valence-electron chi connectivity index (χ3n) is 18.7. The van der Waals surface area contributed by atoms with E-state index in [1.807, 2.05) is 66.0 Å². The number of anilines is 3. The number of carbonyl (C=O) groups is 5. The number of rotatable bonds is 18. The zero-order chi connectivity index (χ0) is 69.2. The average Bonchev–Trinajstić information content (AvgIpc) is 1.01. The average molecular weight is 1370 g/mol. The number of Topliss-reactive ketones (excluding diaryl/α,β-unsaturated/α-hetero) is 1. The van der Waals surface area contributed by atoms with E-state index in [1.54, 1.807) is 78.2 Å². The van der Waals surface area contributed by atoms with E-state index >= 15 is 8.78 Å². The molecule has 5 aromatic carbocycles. The van der Waals surface area contributed by atoms with E-state index in [1.165, 1.54) is 10.9 Å². The van der Waals surface area contributed by atoms with Crippen molar-refractivity contribution in [3.8, 4) is 68.8 Å². The topological polar surface area (TPSA) is 255 Å². The van der Waals surface area contributed by atoms with Crippen molar-refractivity contribution in [1.29, 1.82) is 15.8 Å². The van der Waals surface area contributed by atoms with Crippen LogP contribution in [0.5, 0.6) is 17.2 Å². The third-order valence-corrected chi connectivity index (χ3v) is 19.7. The molecule has 4 amide bonds. The van der Waals surface area contributed by atoms with Crippen LogP contribution >= 0.6 is 11.3 Å². The summed E-state index contributed by atoms with van der Waals surface area (Å²) < 4.78 is 83.8. The van der Waals surface area contributed by atoms with Crippen molar-refractivity contribution in [1.82, 2.24) is 9.88 Å². The molecule has 6 atom stereocenters. The number of amides is 4.